The average molecular weight is 395 g/mol. The number of carbonyl (C=O) groups excluding carboxylic acids is 1. The first kappa shape index (κ1) is 20.6. The van der Waals surface area contributed by atoms with Gasteiger partial charge < -0.3 is 14.9 Å². The van der Waals surface area contributed by atoms with Crippen molar-refractivity contribution in [1.29, 1.82) is 0 Å². The lowest BCUT2D eigenvalue weighted by atomic mass is 9.99. The number of aryl methyl sites for hydroxylation is 2. The number of hydrogen-bond donors (Lipinski definition) is 3. The maximum atomic E-state index is 12.4. The van der Waals surface area contributed by atoms with E-state index in [1.165, 1.54) is 20.8 Å². The normalized spacial score (nSPS) is 13.7. The third-order valence-corrected chi connectivity index (χ3v) is 5.73. The van der Waals surface area contributed by atoms with Crippen LogP contribution in [0.15, 0.2) is 39.8 Å². The third kappa shape index (κ3) is 4.92. The number of sulfonamides is 1. The Morgan fingerprint density at radius 2 is 1.85 bits per heavy atom. The van der Waals surface area contributed by atoms with Crippen molar-refractivity contribution in [3.05, 3.63) is 47.3 Å². The molecule has 10 heteroatoms. The minimum Gasteiger partial charge on any atom is -0.481 e. The number of amides is 1. The predicted molar refractivity (Wildman–Crippen MR) is 95.6 cm³/mol. The summed E-state index contributed by atoms with van der Waals surface area (Å²) in [5.74, 6) is -2.57. The van der Waals surface area contributed by atoms with Crippen molar-refractivity contribution < 1.29 is 27.6 Å². The van der Waals surface area contributed by atoms with Crippen LogP contribution in [0.2, 0.25) is 0 Å². The molecule has 0 aliphatic rings. The molecule has 146 valence electrons. The molecule has 0 aliphatic carbocycles. The molecule has 0 saturated carbocycles. The van der Waals surface area contributed by atoms with Gasteiger partial charge in [0.05, 0.1) is 12.0 Å². The highest BCUT2D eigenvalue weighted by molar-refractivity contribution is 7.89. The second kappa shape index (κ2) is 8.31. The average Bonchev–Trinajstić information content (AvgIpc) is 2.94. The van der Waals surface area contributed by atoms with Crippen LogP contribution in [0, 0.1) is 13.8 Å². The first-order chi connectivity index (χ1) is 12.6. The highest BCUT2D eigenvalue weighted by Gasteiger charge is 2.29. The molecule has 0 aliphatic heterocycles. The minimum atomic E-state index is -4.01. The number of nitrogens with one attached hydrogen (secondary N) is 2. The fraction of sp³-hybridized carbons (Fsp3) is 0.353. The Hall–Kier alpha value is -2.72. The summed E-state index contributed by atoms with van der Waals surface area (Å²) < 4.78 is 32.0. The van der Waals surface area contributed by atoms with Gasteiger partial charge in [-0.15, -0.1) is 0 Å². The second-order valence-corrected chi connectivity index (χ2v) is 7.69. The molecule has 1 heterocycles. The summed E-state index contributed by atoms with van der Waals surface area (Å²) in [5.41, 5.74) is 0.719. The molecule has 2 rings (SSSR count). The number of benzene rings is 1. The lowest BCUT2D eigenvalue weighted by Gasteiger charge is -2.17. The van der Waals surface area contributed by atoms with Crippen molar-refractivity contribution in [1.82, 2.24) is 15.2 Å². The van der Waals surface area contributed by atoms with Crippen LogP contribution in [-0.2, 0) is 19.6 Å². The van der Waals surface area contributed by atoms with Crippen molar-refractivity contribution in [3.63, 3.8) is 0 Å². The van der Waals surface area contributed by atoms with E-state index in [1.54, 1.807) is 30.3 Å². The van der Waals surface area contributed by atoms with E-state index in [2.05, 4.69) is 15.2 Å². The number of carbonyl (C=O) groups is 2. The molecule has 2 unspecified atom stereocenters. The number of carboxylic acid groups (broad SMARTS) is 1. The lowest BCUT2D eigenvalue weighted by molar-refractivity contribution is -0.138. The van der Waals surface area contributed by atoms with E-state index in [1.807, 2.05) is 0 Å². The maximum Gasteiger partial charge on any atom is 0.312 e. The predicted octanol–water partition coefficient (Wildman–Crippen LogP) is 0.943. The van der Waals surface area contributed by atoms with Gasteiger partial charge in [-0.05, 0) is 26.3 Å². The molecule has 0 fully saturated rings. The number of rotatable bonds is 8. The summed E-state index contributed by atoms with van der Waals surface area (Å²) in [6, 6.07) is 7.34. The van der Waals surface area contributed by atoms with E-state index < -0.39 is 33.9 Å². The van der Waals surface area contributed by atoms with Gasteiger partial charge in [-0.2, -0.15) is 4.72 Å². The van der Waals surface area contributed by atoms with Gasteiger partial charge in [0.15, 0.2) is 5.76 Å². The molecule has 1 aromatic heterocycles. The molecule has 0 bridgehead atoms. The third-order valence-electron chi connectivity index (χ3n) is 3.94. The van der Waals surface area contributed by atoms with Gasteiger partial charge in [0.25, 0.3) is 0 Å². The Balaban J connectivity index is 2.04. The van der Waals surface area contributed by atoms with E-state index in [9.17, 15) is 23.1 Å². The summed E-state index contributed by atoms with van der Waals surface area (Å²) >= 11 is 0. The zero-order valence-electron chi connectivity index (χ0n) is 15.1. The van der Waals surface area contributed by atoms with E-state index in [0.29, 0.717) is 5.56 Å². The molecule has 2 atom stereocenters. The molecule has 3 N–H and O–H groups in total. The molecule has 1 amide bonds. The lowest BCUT2D eigenvalue weighted by Crippen LogP contribution is -2.46. The van der Waals surface area contributed by atoms with Gasteiger partial charge in [0, 0.05) is 6.54 Å². The molecule has 0 radical (unpaired) electrons. The van der Waals surface area contributed by atoms with Crippen molar-refractivity contribution in [2.75, 3.05) is 6.54 Å². The topological polar surface area (TPSA) is 139 Å². The van der Waals surface area contributed by atoms with E-state index in [4.69, 9.17) is 4.52 Å². The highest BCUT2D eigenvalue weighted by atomic mass is 32.2. The van der Waals surface area contributed by atoms with Crippen LogP contribution >= 0.6 is 0 Å². The van der Waals surface area contributed by atoms with Gasteiger partial charge in [-0.25, -0.2) is 8.42 Å². The second-order valence-electron chi connectivity index (χ2n) is 6.04. The van der Waals surface area contributed by atoms with Gasteiger partial charge >= 0.3 is 5.97 Å². The zero-order chi connectivity index (χ0) is 20.2. The van der Waals surface area contributed by atoms with E-state index >= 15 is 0 Å². The highest BCUT2D eigenvalue weighted by Crippen LogP contribution is 2.19. The Morgan fingerprint density at radius 3 is 2.37 bits per heavy atom. The number of aliphatic carboxylic acids is 1. The van der Waals surface area contributed by atoms with Gasteiger partial charge in [-0.1, -0.05) is 35.5 Å². The minimum absolute atomic E-state index is 0.114. The number of carboxylic acids is 1. The number of nitrogens with zero attached hydrogens (tertiary/aromatic N) is 1. The largest absolute Gasteiger partial charge is 0.481 e. The van der Waals surface area contributed by atoms with Gasteiger partial charge in [0.2, 0.25) is 15.9 Å². The monoisotopic (exact) mass is 395 g/mol. The molecule has 9 nitrogen and oxygen atoms in total. The van der Waals surface area contributed by atoms with Crippen molar-refractivity contribution in [2.24, 2.45) is 0 Å². The summed E-state index contributed by atoms with van der Waals surface area (Å²) in [7, 11) is -4.01. The van der Waals surface area contributed by atoms with Crippen molar-refractivity contribution >= 4 is 21.9 Å². The van der Waals surface area contributed by atoms with Gasteiger partial charge in [-0.3, -0.25) is 9.59 Å². The Bertz CT molecular complexity index is 904. The molecule has 0 saturated heterocycles. The van der Waals surface area contributed by atoms with Crippen molar-refractivity contribution in [2.45, 2.75) is 37.6 Å². The summed E-state index contributed by atoms with van der Waals surface area (Å²) in [4.78, 5) is 23.6. The van der Waals surface area contributed by atoms with Crippen LogP contribution in [0.3, 0.4) is 0 Å². The van der Waals surface area contributed by atoms with Gasteiger partial charge in [0.1, 0.15) is 10.6 Å². The Morgan fingerprint density at radius 1 is 1.22 bits per heavy atom. The first-order valence-corrected chi connectivity index (χ1v) is 9.62. The standard InChI is InChI=1S/C17H21N3O6S/c1-10-15(12(3)26-19-10)27(24,25)20-11(2)16(21)18-9-14(17(22)23)13-7-5-4-6-8-13/h4-8,11,14,20H,9H2,1-3H3,(H,18,21)(H,22,23). The maximum absolute atomic E-state index is 12.4. The molecule has 2 aromatic rings. The van der Waals surface area contributed by atoms with Crippen molar-refractivity contribution in [3.8, 4) is 0 Å². The fourth-order valence-electron chi connectivity index (χ4n) is 2.59. The van der Waals surface area contributed by atoms with Crippen LogP contribution in [0.1, 0.15) is 29.9 Å². The number of hydrogen-bond acceptors (Lipinski definition) is 6. The van der Waals surface area contributed by atoms with Crippen LogP contribution in [-0.4, -0.2) is 43.1 Å². The molecule has 27 heavy (non-hydrogen) atoms. The summed E-state index contributed by atoms with van der Waals surface area (Å²) in [6.07, 6.45) is 0. The Kier molecular flexibility index (Phi) is 6.34. The molecular formula is C17H21N3O6S. The van der Waals surface area contributed by atoms with Crippen LogP contribution in [0.5, 0.6) is 0 Å². The molecule has 1 aromatic carbocycles. The quantitative estimate of drug-likeness (QED) is 0.604. The molecule has 0 spiro atoms. The number of aromatic nitrogens is 1. The van der Waals surface area contributed by atoms with E-state index in [0.717, 1.165) is 0 Å². The van der Waals surface area contributed by atoms with Crippen LogP contribution in [0.25, 0.3) is 0 Å². The van der Waals surface area contributed by atoms with Crippen LogP contribution < -0.4 is 10.0 Å². The fourth-order valence-corrected chi connectivity index (χ4v) is 4.12. The molecular weight excluding hydrogens is 374 g/mol. The van der Waals surface area contributed by atoms with E-state index in [-0.39, 0.29) is 22.9 Å². The summed E-state index contributed by atoms with van der Waals surface area (Å²) in [6.45, 7) is 4.13. The van der Waals surface area contributed by atoms with Crippen LogP contribution in [0.4, 0.5) is 0 Å². The Labute approximate surface area is 156 Å². The summed E-state index contributed by atoms with van der Waals surface area (Å²) in [5, 5.41) is 15.4. The smallest absolute Gasteiger partial charge is 0.312 e. The first-order valence-electron chi connectivity index (χ1n) is 8.14. The SMILES string of the molecule is Cc1noc(C)c1S(=O)(=O)NC(C)C(=O)NCC(C(=O)O)c1ccccc1. The zero-order valence-corrected chi connectivity index (χ0v) is 15.9.